The molecule has 0 aromatic carbocycles. The van der Waals surface area contributed by atoms with Gasteiger partial charge in [0.1, 0.15) is 0 Å². The first kappa shape index (κ1) is 15.2. The van der Waals surface area contributed by atoms with Crippen molar-refractivity contribution < 1.29 is 5.11 Å². The monoisotopic (exact) mass is 297 g/mol. The summed E-state index contributed by atoms with van der Waals surface area (Å²) >= 11 is 0. The normalized spacial score (nSPS) is 17.9. The van der Waals surface area contributed by atoms with Gasteiger partial charge in [0, 0.05) is 5.69 Å². The fraction of sp³-hybridized carbons (Fsp3) is 0.615. The molecule has 0 aliphatic carbocycles. The highest BCUT2D eigenvalue weighted by molar-refractivity contribution is 5.85. The van der Waals surface area contributed by atoms with E-state index in [1.165, 1.54) is 0 Å². The van der Waals surface area contributed by atoms with Gasteiger partial charge >= 0.3 is 0 Å². The molecule has 2 aromatic heterocycles. The fourth-order valence-electron chi connectivity index (χ4n) is 2.75. The number of fused-ring (bicyclic) bond motifs is 1. The molecule has 1 saturated heterocycles. The zero-order valence-corrected chi connectivity index (χ0v) is 12.1. The number of nitrogens with zero attached hydrogens (tertiary/aromatic N) is 4. The van der Waals surface area contributed by atoms with Crippen molar-refractivity contribution in [2.24, 2.45) is 0 Å². The van der Waals surface area contributed by atoms with Crippen LogP contribution in [0.15, 0.2) is 18.2 Å². The van der Waals surface area contributed by atoms with E-state index >= 15 is 0 Å². The molecule has 20 heavy (non-hydrogen) atoms. The Balaban J connectivity index is 0.00000147. The SMILES string of the molecule is Cl.OC1(CCCc2cccc3nnnn23)CCNCC1. The van der Waals surface area contributed by atoms with Gasteiger partial charge in [-0.05, 0) is 67.8 Å². The van der Waals surface area contributed by atoms with Gasteiger partial charge in [-0.15, -0.1) is 17.5 Å². The molecule has 0 amide bonds. The Labute approximate surface area is 124 Å². The third kappa shape index (κ3) is 3.26. The second kappa shape index (κ2) is 6.47. The third-order valence-electron chi connectivity index (χ3n) is 3.91. The van der Waals surface area contributed by atoms with Crippen molar-refractivity contribution in [1.29, 1.82) is 0 Å². The quantitative estimate of drug-likeness (QED) is 0.880. The Kier molecular flexibility index (Phi) is 4.91. The second-order valence-corrected chi connectivity index (χ2v) is 5.29. The maximum Gasteiger partial charge on any atom is 0.179 e. The summed E-state index contributed by atoms with van der Waals surface area (Å²) in [5, 5.41) is 25.3. The minimum Gasteiger partial charge on any atom is -0.390 e. The number of hydrogen-bond donors (Lipinski definition) is 2. The van der Waals surface area contributed by atoms with Crippen molar-refractivity contribution in [2.75, 3.05) is 13.1 Å². The topological polar surface area (TPSA) is 75.3 Å². The summed E-state index contributed by atoms with van der Waals surface area (Å²) in [7, 11) is 0. The Morgan fingerprint density at radius 2 is 2.10 bits per heavy atom. The number of aryl methyl sites for hydroxylation is 1. The van der Waals surface area contributed by atoms with Gasteiger partial charge in [-0.3, -0.25) is 0 Å². The summed E-state index contributed by atoms with van der Waals surface area (Å²) in [6, 6.07) is 5.90. The largest absolute Gasteiger partial charge is 0.390 e. The van der Waals surface area contributed by atoms with Gasteiger partial charge < -0.3 is 10.4 Å². The summed E-state index contributed by atoms with van der Waals surface area (Å²) in [5.41, 5.74) is 1.39. The first-order valence-electron chi connectivity index (χ1n) is 6.86. The third-order valence-corrected chi connectivity index (χ3v) is 3.91. The number of pyridine rings is 1. The van der Waals surface area contributed by atoms with Crippen molar-refractivity contribution in [3.8, 4) is 0 Å². The summed E-state index contributed by atoms with van der Waals surface area (Å²) in [4.78, 5) is 0. The van der Waals surface area contributed by atoms with Crippen molar-refractivity contribution in [3.05, 3.63) is 23.9 Å². The molecule has 0 unspecified atom stereocenters. The van der Waals surface area contributed by atoms with Gasteiger partial charge in [0.25, 0.3) is 0 Å². The summed E-state index contributed by atoms with van der Waals surface area (Å²) in [6.07, 6.45) is 4.38. The number of tetrazole rings is 1. The molecule has 2 aromatic rings. The van der Waals surface area contributed by atoms with Crippen LogP contribution in [0.5, 0.6) is 0 Å². The van der Waals surface area contributed by atoms with E-state index in [1.807, 2.05) is 18.2 Å². The number of hydrogen-bond acceptors (Lipinski definition) is 5. The lowest BCUT2D eigenvalue weighted by atomic mass is 9.87. The Morgan fingerprint density at radius 3 is 2.90 bits per heavy atom. The van der Waals surface area contributed by atoms with E-state index in [1.54, 1.807) is 4.52 Å². The Hall–Kier alpha value is -1.24. The van der Waals surface area contributed by atoms with E-state index in [0.717, 1.165) is 56.5 Å². The molecule has 1 aliphatic heterocycles. The smallest absolute Gasteiger partial charge is 0.179 e. The van der Waals surface area contributed by atoms with Crippen LogP contribution in [0.1, 0.15) is 31.4 Å². The number of piperidine rings is 1. The van der Waals surface area contributed by atoms with E-state index < -0.39 is 5.60 Å². The molecule has 0 atom stereocenters. The standard InChI is InChI=1S/C13H19N5O.ClH/c19-13(7-9-14-10-8-13)6-2-4-11-3-1-5-12-15-16-17-18(11)12;/h1,3,5,14,19H,2,4,6-10H2;1H. The van der Waals surface area contributed by atoms with Crippen molar-refractivity contribution in [2.45, 2.75) is 37.7 Å². The van der Waals surface area contributed by atoms with Gasteiger partial charge in [0.05, 0.1) is 5.60 Å². The summed E-state index contributed by atoms with van der Waals surface area (Å²) in [6.45, 7) is 1.83. The summed E-state index contributed by atoms with van der Waals surface area (Å²) < 4.78 is 1.77. The molecule has 1 fully saturated rings. The maximum absolute atomic E-state index is 10.4. The lowest BCUT2D eigenvalue weighted by Crippen LogP contribution is -2.41. The van der Waals surface area contributed by atoms with E-state index in [9.17, 15) is 5.11 Å². The molecule has 7 heteroatoms. The van der Waals surface area contributed by atoms with Crippen molar-refractivity contribution in [3.63, 3.8) is 0 Å². The molecule has 0 radical (unpaired) electrons. The molecule has 6 nitrogen and oxygen atoms in total. The number of nitrogens with one attached hydrogen (secondary N) is 1. The minimum atomic E-state index is -0.486. The first-order valence-corrected chi connectivity index (χ1v) is 6.86. The number of aromatic nitrogens is 4. The van der Waals surface area contributed by atoms with Gasteiger partial charge in [-0.1, -0.05) is 6.07 Å². The first-order chi connectivity index (χ1) is 9.27. The zero-order valence-electron chi connectivity index (χ0n) is 11.3. The highest BCUT2D eigenvalue weighted by Crippen LogP contribution is 2.24. The van der Waals surface area contributed by atoms with Crippen LogP contribution in [0, 0.1) is 0 Å². The van der Waals surface area contributed by atoms with Gasteiger partial charge in [-0.2, -0.15) is 4.52 Å². The van der Waals surface area contributed by atoms with E-state index in [-0.39, 0.29) is 12.4 Å². The average molecular weight is 298 g/mol. The lowest BCUT2D eigenvalue weighted by Gasteiger charge is -2.32. The van der Waals surface area contributed by atoms with E-state index in [0.29, 0.717) is 0 Å². The summed E-state index contributed by atoms with van der Waals surface area (Å²) in [5.74, 6) is 0. The van der Waals surface area contributed by atoms with Crippen LogP contribution in [0.2, 0.25) is 0 Å². The minimum absolute atomic E-state index is 0. The van der Waals surface area contributed by atoms with Crippen LogP contribution in [0.4, 0.5) is 0 Å². The van der Waals surface area contributed by atoms with Crippen LogP contribution in [-0.4, -0.2) is 43.8 Å². The lowest BCUT2D eigenvalue weighted by molar-refractivity contribution is 0.000850. The highest BCUT2D eigenvalue weighted by atomic mass is 35.5. The molecule has 0 spiro atoms. The number of aliphatic hydroxyl groups is 1. The van der Waals surface area contributed by atoms with Crippen LogP contribution in [0.25, 0.3) is 5.65 Å². The van der Waals surface area contributed by atoms with Crippen LogP contribution in [0.3, 0.4) is 0 Å². The van der Waals surface area contributed by atoms with Gasteiger partial charge in [0.15, 0.2) is 5.65 Å². The fourth-order valence-corrected chi connectivity index (χ4v) is 2.75. The maximum atomic E-state index is 10.4. The Bertz CT molecular complexity index is 552. The van der Waals surface area contributed by atoms with Crippen LogP contribution < -0.4 is 5.32 Å². The van der Waals surface area contributed by atoms with Crippen LogP contribution >= 0.6 is 12.4 Å². The van der Waals surface area contributed by atoms with Crippen molar-refractivity contribution in [1.82, 2.24) is 25.4 Å². The van der Waals surface area contributed by atoms with E-state index in [4.69, 9.17) is 0 Å². The average Bonchev–Trinajstić information content (AvgIpc) is 2.88. The predicted molar refractivity (Wildman–Crippen MR) is 78.0 cm³/mol. The van der Waals surface area contributed by atoms with Crippen LogP contribution in [-0.2, 0) is 6.42 Å². The molecule has 3 heterocycles. The second-order valence-electron chi connectivity index (χ2n) is 5.29. The number of rotatable bonds is 4. The van der Waals surface area contributed by atoms with Gasteiger partial charge in [-0.25, -0.2) is 0 Å². The van der Waals surface area contributed by atoms with E-state index in [2.05, 4.69) is 20.8 Å². The van der Waals surface area contributed by atoms with Crippen molar-refractivity contribution >= 4 is 18.1 Å². The molecular formula is C13H20ClN5O. The molecular weight excluding hydrogens is 278 g/mol. The molecule has 3 rings (SSSR count). The highest BCUT2D eigenvalue weighted by Gasteiger charge is 2.28. The zero-order chi connectivity index (χ0) is 13.1. The number of halogens is 1. The molecule has 0 bridgehead atoms. The molecule has 110 valence electrons. The molecule has 2 N–H and O–H groups in total. The predicted octanol–water partition coefficient (Wildman–Crippen LogP) is 0.983. The Morgan fingerprint density at radius 1 is 1.30 bits per heavy atom. The molecule has 0 saturated carbocycles. The molecule has 1 aliphatic rings. The van der Waals surface area contributed by atoms with Gasteiger partial charge in [0.2, 0.25) is 0 Å².